The number of carbonyl (C=O) groups excluding carboxylic acids is 1. The van der Waals surface area contributed by atoms with Gasteiger partial charge in [-0.3, -0.25) is 9.88 Å². The molecule has 1 aliphatic heterocycles. The van der Waals surface area contributed by atoms with Crippen LogP contribution in [-0.4, -0.2) is 36.1 Å². The summed E-state index contributed by atoms with van der Waals surface area (Å²) in [4.78, 5) is 19.9. The van der Waals surface area contributed by atoms with Crippen LogP contribution in [0.4, 0.5) is 10.5 Å². The van der Waals surface area contributed by atoms with Crippen molar-refractivity contribution in [2.75, 3.05) is 25.0 Å². The predicted octanol–water partition coefficient (Wildman–Crippen LogP) is 2.51. The van der Waals surface area contributed by atoms with Crippen LogP contribution >= 0.6 is 0 Å². The highest BCUT2D eigenvalue weighted by atomic mass is 16.2. The van der Waals surface area contributed by atoms with Gasteiger partial charge >= 0.3 is 6.03 Å². The minimum atomic E-state index is 0.0832. The third kappa shape index (κ3) is 2.96. The van der Waals surface area contributed by atoms with Crippen LogP contribution in [0.25, 0.3) is 0 Å². The number of anilines is 1. The second-order valence-electron chi connectivity index (χ2n) is 4.45. The first kappa shape index (κ1) is 11.9. The number of nitrogens with zero attached hydrogens (tertiary/aromatic N) is 3. The fraction of sp³-hybridized carbons (Fsp3) is 0.538. The standard InChI is InChI=1S/C13H19N3O/c1-15(12-7-6-8-14-11-12)13(17)16-9-4-2-3-5-10-16/h6-8,11H,2-5,9-10H2,1H3. The molecule has 4 nitrogen and oxygen atoms in total. The smallest absolute Gasteiger partial charge is 0.324 e. The highest BCUT2D eigenvalue weighted by Gasteiger charge is 2.19. The van der Waals surface area contributed by atoms with E-state index in [4.69, 9.17) is 0 Å². The van der Waals surface area contributed by atoms with Crippen molar-refractivity contribution in [3.8, 4) is 0 Å². The number of amides is 2. The second kappa shape index (κ2) is 5.66. The van der Waals surface area contributed by atoms with Crippen LogP contribution in [-0.2, 0) is 0 Å². The highest BCUT2D eigenvalue weighted by Crippen LogP contribution is 2.15. The third-order valence-electron chi connectivity index (χ3n) is 3.20. The maximum Gasteiger partial charge on any atom is 0.324 e. The molecule has 1 fully saturated rings. The zero-order valence-corrected chi connectivity index (χ0v) is 10.3. The van der Waals surface area contributed by atoms with Crippen molar-refractivity contribution < 1.29 is 4.79 Å². The van der Waals surface area contributed by atoms with Crippen LogP contribution in [0.1, 0.15) is 25.7 Å². The average molecular weight is 233 g/mol. The minimum absolute atomic E-state index is 0.0832. The largest absolute Gasteiger partial charge is 0.324 e. The average Bonchev–Trinajstić information content (AvgIpc) is 2.67. The lowest BCUT2D eigenvalue weighted by Gasteiger charge is -2.26. The van der Waals surface area contributed by atoms with Gasteiger partial charge in [-0.25, -0.2) is 4.79 Å². The topological polar surface area (TPSA) is 36.4 Å². The molecule has 2 rings (SSSR count). The lowest BCUT2D eigenvalue weighted by molar-refractivity contribution is 0.208. The Bertz CT molecular complexity index is 358. The van der Waals surface area contributed by atoms with Crippen LogP contribution in [0.15, 0.2) is 24.5 Å². The molecule has 0 radical (unpaired) electrons. The Labute approximate surface area is 102 Å². The van der Waals surface area contributed by atoms with Crippen LogP contribution in [0, 0.1) is 0 Å². The molecule has 92 valence electrons. The summed E-state index contributed by atoms with van der Waals surface area (Å²) in [6.07, 6.45) is 8.14. The van der Waals surface area contributed by atoms with E-state index in [1.54, 1.807) is 17.3 Å². The van der Waals surface area contributed by atoms with Gasteiger partial charge in [-0.05, 0) is 25.0 Å². The van der Waals surface area contributed by atoms with E-state index in [-0.39, 0.29) is 6.03 Å². The van der Waals surface area contributed by atoms with Crippen LogP contribution in [0.2, 0.25) is 0 Å². The number of aromatic nitrogens is 1. The first-order chi connectivity index (χ1) is 8.29. The summed E-state index contributed by atoms with van der Waals surface area (Å²) in [6, 6.07) is 3.84. The molecule has 4 heteroatoms. The molecule has 17 heavy (non-hydrogen) atoms. The molecule has 0 saturated carbocycles. The van der Waals surface area contributed by atoms with Crippen molar-refractivity contribution in [1.29, 1.82) is 0 Å². The molecule has 1 aromatic heterocycles. The SMILES string of the molecule is CN(C(=O)N1CCCCCC1)c1cccnc1. The number of rotatable bonds is 1. The Hall–Kier alpha value is -1.58. The monoisotopic (exact) mass is 233 g/mol. The van der Waals surface area contributed by atoms with E-state index in [0.29, 0.717) is 0 Å². The Kier molecular flexibility index (Phi) is 3.96. The highest BCUT2D eigenvalue weighted by molar-refractivity contribution is 5.91. The van der Waals surface area contributed by atoms with Gasteiger partial charge in [0.2, 0.25) is 0 Å². The van der Waals surface area contributed by atoms with Gasteiger partial charge in [-0.1, -0.05) is 12.8 Å². The number of pyridine rings is 1. The summed E-state index contributed by atoms with van der Waals surface area (Å²) in [5.74, 6) is 0. The van der Waals surface area contributed by atoms with Gasteiger partial charge in [0.1, 0.15) is 0 Å². The van der Waals surface area contributed by atoms with Crippen molar-refractivity contribution in [3.05, 3.63) is 24.5 Å². The molecule has 0 bridgehead atoms. The van der Waals surface area contributed by atoms with Crippen LogP contribution in [0.5, 0.6) is 0 Å². The zero-order valence-electron chi connectivity index (χ0n) is 10.3. The zero-order chi connectivity index (χ0) is 12.1. The molecule has 0 N–H and O–H groups in total. The second-order valence-corrected chi connectivity index (χ2v) is 4.45. The number of hydrogen-bond donors (Lipinski definition) is 0. The van der Waals surface area contributed by atoms with Gasteiger partial charge in [0.05, 0.1) is 11.9 Å². The first-order valence-corrected chi connectivity index (χ1v) is 6.22. The first-order valence-electron chi connectivity index (χ1n) is 6.22. The molecule has 1 aliphatic rings. The Morgan fingerprint density at radius 3 is 2.59 bits per heavy atom. The summed E-state index contributed by atoms with van der Waals surface area (Å²) < 4.78 is 0. The molecule has 2 heterocycles. The third-order valence-corrected chi connectivity index (χ3v) is 3.20. The number of hydrogen-bond acceptors (Lipinski definition) is 2. The van der Waals surface area contributed by atoms with E-state index >= 15 is 0 Å². The molecule has 1 saturated heterocycles. The number of urea groups is 1. The lowest BCUT2D eigenvalue weighted by Crippen LogP contribution is -2.41. The van der Waals surface area contributed by atoms with E-state index in [9.17, 15) is 4.79 Å². The van der Waals surface area contributed by atoms with Crippen LogP contribution in [0.3, 0.4) is 0 Å². The van der Waals surface area contributed by atoms with Gasteiger partial charge < -0.3 is 4.90 Å². The summed E-state index contributed by atoms with van der Waals surface area (Å²) in [5.41, 5.74) is 0.849. The number of carbonyl (C=O) groups is 1. The molecule has 0 atom stereocenters. The Morgan fingerprint density at radius 2 is 2.00 bits per heavy atom. The van der Waals surface area contributed by atoms with Crippen molar-refractivity contribution >= 4 is 11.7 Å². The minimum Gasteiger partial charge on any atom is -0.324 e. The molecular formula is C13H19N3O. The summed E-state index contributed by atoms with van der Waals surface area (Å²) >= 11 is 0. The fourth-order valence-electron chi connectivity index (χ4n) is 2.14. The normalized spacial score (nSPS) is 16.4. The summed E-state index contributed by atoms with van der Waals surface area (Å²) in [6.45, 7) is 1.76. The van der Waals surface area contributed by atoms with Gasteiger partial charge in [0.15, 0.2) is 0 Å². The molecule has 0 aliphatic carbocycles. The van der Waals surface area contributed by atoms with Gasteiger partial charge in [-0.15, -0.1) is 0 Å². The predicted molar refractivity (Wildman–Crippen MR) is 68.1 cm³/mol. The molecule has 0 unspecified atom stereocenters. The van der Waals surface area contributed by atoms with E-state index in [2.05, 4.69) is 4.98 Å². The van der Waals surface area contributed by atoms with E-state index < -0.39 is 0 Å². The maximum atomic E-state index is 12.3. The van der Waals surface area contributed by atoms with Crippen molar-refractivity contribution in [1.82, 2.24) is 9.88 Å². The lowest BCUT2D eigenvalue weighted by atomic mass is 10.2. The quantitative estimate of drug-likeness (QED) is 0.747. The van der Waals surface area contributed by atoms with Gasteiger partial charge in [0, 0.05) is 26.3 Å². The van der Waals surface area contributed by atoms with Gasteiger partial charge in [-0.2, -0.15) is 0 Å². The van der Waals surface area contributed by atoms with Crippen molar-refractivity contribution in [3.63, 3.8) is 0 Å². The van der Waals surface area contributed by atoms with E-state index in [1.165, 1.54) is 12.8 Å². The number of likely N-dealkylation sites (tertiary alicyclic amines) is 1. The van der Waals surface area contributed by atoms with E-state index in [0.717, 1.165) is 31.6 Å². The van der Waals surface area contributed by atoms with Crippen molar-refractivity contribution in [2.24, 2.45) is 0 Å². The molecule has 2 amide bonds. The van der Waals surface area contributed by atoms with Gasteiger partial charge in [0.25, 0.3) is 0 Å². The summed E-state index contributed by atoms with van der Waals surface area (Å²) in [5, 5.41) is 0. The maximum absolute atomic E-state index is 12.3. The molecular weight excluding hydrogens is 214 g/mol. The fourth-order valence-corrected chi connectivity index (χ4v) is 2.14. The molecule has 0 aromatic carbocycles. The Balaban J connectivity index is 2.03. The Morgan fingerprint density at radius 1 is 1.29 bits per heavy atom. The van der Waals surface area contributed by atoms with Crippen LogP contribution < -0.4 is 4.90 Å². The van der Waals surface area contributed by atoms with E-state index in [1.807, 2.05) is 24.1 Å². The molecule has 0 spiro atoms. The van der Waals surface area contributed by atoms with Crippen molar-refractivity contribution in [2.45, 2.75) is 25.7 Å². The molecule has 1 aromatic rings. The summed E-state index contributed by atoms with van der Waals surface area (Å²) in [7, 11) is 1.81.